The minimum atomic E-state index is 0.231. The number of piperazine rings is 1. The Bertz CT molecular complexity index is 1270. The molecule has 0 radical (unpaired) electrons. The normalized spacial score (nSPS) is 19.6. The molecule has 5 heterocycles. The van der Waals surface area contributed by atoms with Crippen LogP contribution in [-0.4, -0.2) is 95.3 Å². The first-order valence-electron chi connectivity index (χ1n) is 11.7. The molecule has 9 heteroatoms. The number of fused-ring (bicyclic) bond motifs is 2. The van der Waals surface area contributed by atoms with Crippen LogP contribution in [-0.2, 0) is 0 Å². The van der Waals surface area contributed by atoms with Gasteiger partial charge in [0.15, 0.2) is 17.3 Å². The van der Waals surface area contributed by atoms with Crippen LogP contribution in [0.4, 0.5) is 5.82 Å². The number of likely N-dealkylation sites (N-methyl/N-ethyl adjacent to an activating group) is 1. The molecule has 0 saturated carbocycles. The summed E-state index contributed by atoms with van der Waals surface area (Å²) in [5.74, 6) is 2.16. The topological polar surface area (TPSA) is 71.2 Å². The van der Waals surface area contributed by atoms with Gasteiger partial charge in [-0.1, -0.05) is 0 Å². The lowest BCUT2D eigenvalue weighted by molar-refractivity contribution is 0.0276. The number of benzene rings is 1. The van der Waals surface area contributed by atoms with Crippen LogP contribution < -0.4 is 9.47 Å². The van der Waals surface area contributed by atoms with E-state index in [-0.39, 0.29) is 6.79 Å². The second-order valence-corrected chi connectivity index (χ2v) is 9.23. The summed E-state index contributed by atoms with van der Waals surface area (Å²) in [5, 5.41) is 5.60. The molecule has 34 heavy (non-hydrogen) atoms. The summed E-state index contributed by atoms with van der Waals surface area (Å²) in [4.78, 5) is 16.3. The molecule has 176 valence electrons. The molecule has 2 saturated heterocycles. The first-order chi connectivity index (χ1) is 16.6. The Hall–Kier alpha value is -3.43. The standard InChI is InChI=1S/C25H29N7O2/c1-17(31-14-18(15-31)30-8-6-29(3)7-9-30)13-32-25(26-2)21(12-28-32)19-4-5-27-22-11-24-23(10-20(19)22)33-16-34-24/h4-5,10-13,18H,2,6-9,14-16H2,1,3H3/b17-13+. The van der Waals surface area contributed by atoms with E-state index >= 15 is 0 Å². The van der Waals surface area contributed by atoms with Gasteiger partial charge in [0, 0.05) is 80.4 Å². The highest BCUT2D eigenvalue weighted by Gasteiger charge is 2.33. The monoisotopic (exact) mass is 459 g/mol. The predicted molar refractivity (Wildman–Crippen MR) is 133 cm³/mol. The molecular formula is C25H29N7O2. The minimum Gasteiger partial charge on any atom is -0.454 e. The highest BCUT2D eigenvalue weighted by Crippen LogP contribution is 2.41. The third kappa shape index (κ3) is 3.61. The summed E-state index contributed by atoms with van der Waals surface area (Å²) in [6.07, 6.45) is 5.69. The lowest BCUT2D eigenvalue weighted by Crippen LogP contribution is -2.62. The first kappa shape index (κ1) is 21.1. The van der Waals surface area contributed by atoms with Gasteiger partial charge in [-0.3, -0.25) is 9.88 Å². The molecule has 6 rings (SSSR count). The zero-order chi connectivity index (χ0) is 23.2. The van der Waals surface area contributed by atoms with Gasteiger partial charge in [-0.25, -0.2) is 9.67 Å². The van der Waals surface area contributed by atoms with E-state index in [1.807, 2.05) is 35.3 Å². The van der Waals surface area contributed by atoms with Crippen LogP contribution >= 0.6 is 0 Å². The summed E-state index contributed by atoms with van der Waals surface area (Å²) >= 11 is 0. The van der Waals surface area contributed by atoms with Crippen molar-refractivity contribution in [1.29, 1.82) is 0 Å². The van der Waals surface area contributed by atoms with E-state index < -0.39 is 0 Å². The van der Waals surface area contributed by atoms with Crippen LogP contribution in [0.3, 0.4) is 0 Å². The average molecular weight is 460 g/mol. The van der Waals surface area contributed by atoms with Crippen LogP contribution in [0.5, 0.6) is 11.5 Å². The van der Waals surface area contributed by atoms with Gasteiger partial charge in [-0.2, -0.15) is 5.10 Å². The van der Waals surface area contributed by atoms with E-state index in [1.54, 1.807) is 6.20 Å². The van der Waals surface area contributed by atoms with Crippen LogP contribution in [0.2, 0.25) is 0 Å². The van der Waals surface area contributed by atoms with Gasteiger partial charge in [0.2, 0.25) is 6.79 Å². The Labute approximate surface area is 198 Å². The van der Waals surface area contributed by atoms with E-state index in [0.717, 1.165) is 72.8 Å². The number of ether oxygens (including phenoxy) is 2. The third-order valence-corrected chi connectivity index (χ3v) is 7.17. The molecule has 0 amide bonds. The molecule has 3 aliphatic heterocycles. The largest absolute Gasteiger partial charge is 0.454 e. The highest BCUT2D eigenvalue weighted by atomic mass is 16.7. The maximum Gasteiger partial charge on any atom is 0.231 e. The second-order valence-electron chi connectivity index (χ2n) is 9.23. The van der Waals surface area contributed by atoms with Gasteiger partial charge in [-0.15, -0.1) is 0 Å². The van der Waals surface area contributed by atoms with Crippen molar-refractivity contribution in [2.75, 3.05) is 53.1 Å². The summed E-state index contributed by atoms with van der Waals surface area (Å²) in [7, 11) is 2.20. The summed E-state index contributed by atoms with van der Waals surface area (Å²) < 4.78 is 12.9. The molecule has 9 nitrogen and oxygen atoms in total. The molecule has 0 bridgehead atoms. The van der Waals surface area contributed by atoms with Crippen molar-refractivity contribution < 1.29 is 9.47 Å². The van der Waals surface area contributed by atoms with Gasteiger partial charge in [0.1, 0.15) is 0 Å². The molecule has 0 aliphatic carbocycles. The Morgan fingerprint density at radius 1 is 1.12 bits per heavy atom. The fourth-order valence-corrected chi connectivity index (χ4v) is 4.99. The Morgan fingerprint density at radius 2 is 1.88 bits per heavy atom. The second kappa shape index (κ2) is 8.41. The number of nitrogens with zero attached hydrogens (tertiary/aromatic N) is 7. The lowest BCUT2D eigenvalue weighted by Gasteiger charge is -2.49. The van der Waals surface area contributed by atoms with E-state index in [4.69, 9.17) is 9.47 Å². The smallest absolute Gasteiger partial charge is 0.231 e. The zero-order valence-corrected chi connectivity index (χ0v) is 19.6. The number of hydrogen-bond donors (Lipinski definition) is 0. The van der Waals surface area contributed by atoms with E-state index in [9.17, 15) is 0 Å². The van der Waals surface area contributed by atoms with Crippen molar-refractivity contribution in [2.24, 2.45) is 4.99 Å². The molecular weight excluding hydrogens is 430 g/mol. The Balaban J connectivity index is 1.25. The van der Waals surface area contributed by atoms with E-state index in [1.165, 1.54) is 5.70 Å². The minimum absolute atomic E-state index is 0.231. The van der Waals surface area contributed by atoms with Crippen molar-refractivity contribution in [1.82, 2.24) is 29.5 Å². The highest BCUT2D eigenvalue weighted by molar-refractivity contribution is 5.98. The summed E-state index contributed by atoms with van der Waals surface area (Å²) in [6.45, 7) is 12.9. The van der Waals surface area contributed by atoms with Crippen LogP contribution in [0.25, 0.3) is 28.2 Å². The SMILES string of the molecule is C=Nc1c(-c2ccnc3cc4c(cc23)OCO4)cnn1/C=C(\C)N1CC(N2CCN(C)CC2)C1. The molecule has 1 aromatic carbocycles. The number of likely N-dealkylation sites (tertiary alicyclic amines) is 1. The molecule has 0 atom stereocenters. The van der Waals surface area contributed by atoms with Gasteiger partial charge in [0.25, 0.3) is 0 Å². The van der Waals surface area contributed by atoms with Crippen LogP contribution in [0, 0.1) is 0 Å². The fourth-order valence-electron chi connectivity index (χ4n) is 4.99. The van der Waals surface area contributed by atoms with Crippen LogP contribution in [0.15, 0.2) is 41.3 Å². The third-order valence-electron chi connectivity index (χ3n) is 7.17. The molecule has 0 N–H and O–H groups in total. The first-order valence-corrected chi connectivity index (χ1v) is 11.7. The number of allylic oxidation sites excluding steroid dienone is 1. The van der Waals surface area contributed by atoms with E-state index in [2.05, 4.69) is 50.5 Å². The number of aromatic nitrogens is 3. The maximum absolute atomic E-state index is 5.59. The summed E-state index contributed by atoms with van der Waals surface area (Å²) in [6, 6.07) is 6.51. The lowest BCUT2D eigenvalue weighted by atomic mass is 10.0. The maximum atomic E-state index is 5.59. The van der Waals surface area contributed by atoms with Gasteiger partial charge < -0.3 is 19.3 Å². The zero-order valence-electron chi connectivity index (χ0n) is 19.6. The molecule has 0 unspecified atom stereocenters. The molecule has 3 aromatic rings. The molecule has 3 aliphatic rings. The number of pyridine rings is 1. The van der Waals surface area contributed by atoms with Crippen molar-refractivity contribution in [3.8, 4) is 22.6 Å². The van der Waals surface area contributed by atoms with Crippen molar-refractivity contribution in [3.63, 3.8) is 0 Å². The molecule has 2 fully saturated rings. The van der Waals surface area contributed by atoms with Gasteiger partial charge in [0.05, 0.1) is 11.7 Å². The fraction of sp³-hybridized carbons (Fsp3) is 0.400. The quantitative estimate of drug-likeness (QED) is 0.544. The van der Waals surface area contributed by atoms with Crippen molar-refractivity contribution in [2.45, 2.75) is 13.0 Å². The van der Waals surface area contributed by atoms with E-state index in [0.29, 0.717) is 11.9 Å². The van der Waals surface area contributed by atoms with Gasteiger partial charge >= 0.3 is 0 Å². The molecule has 2 aromatic heterocycles. The van der Waals surface area contributed by atoms with Gasteiger partial charge in [-0.05, 0) is 38.4 Å². The molecule has 0 spiro atoms. The Kier molecular flexibility index (Phi) is 5.23. The predicted octanol–water partition coefficient (Wildman–Crippen LogP) is 2.91. The average Bonchev–Trinajstić information content (AvgIpc) is 3.43. The number of hydrogen-bond acceptors (Lipinski definition) is 8. The Morgan fingerprint density at radius 3 is 2.65 bits per heavy atom. The summed E-state index contributed by atoms with van der Waals surface area (Å²) in [5.41, 5.74) is 3.91. The number of aliphatic imine (C=N–C) groups is 1. The van der Waals surface area contributed by atoms with Crippen molar-refractivity contribution in [3.05, 3.63) is 36.3 Å². The number of rotatable bonds is 5. The van der Waals surface area contributed by atoms with Crippen LogP contribution in [0.1, 0.15) is 6.92 Å². The van der Waals surface area contributed by atoms with Crippen molar-refractivity contribution >= 4 is 29.6 Å².